The monoisotopic (exact) mass is 682 g/mol. The standard InChI is InChI=1S/C21H27B2FN10O10P2/c1-38-13-8-3-40-45(22,36)43-12-7(41-19(9(12)24)33-5-29-10-15(25)27-4-28-16(10)33)2-39-46(23,37)44-14(13)20(42-8)34-6-30-11-17(34)31-21(26)32-18(11)35/h4-9,11-14,17,19-21,31H,2-3,26H2,1H3,(H,32,35)(H2,25,27,28)/q-2/t7?,8?,9?,11?,12?,13?,14?,17?,19?,20?,21?,45-,46-/m0/s1. The number of aliphatic imine (C=N–C) groups is 1. The summed E-state index contributed by atoms with van der Waals surface area (Å²) in [6.07, 6.45) is -9.16. The first-order chi connectivity index (χ1) is 21.9. The Morgan fingerprint density at radius 1 is 1.07 bits per heavy atom. The van der Waals surface area contributed by atoms with Gasteiger partial charge in [0.05, 0.1) is 40.8 Å². The van der Waals surface area contributed by atoms with E-state index in [-0.39, 0.29) is 17.0 Å². The first kappa shape index (κ1) is 32.0. The van der Waals surface area contributed by atoms with Gasteiger partial charge in [-0.05, 0) is 0 Å². The number of hydrogen-bond acceptors (Lipinski definition) is 18. The van der Waals surface area contributed by atoms with Gasteiger partial charge in [-0.15, -0.1) is 0 Å². The van der Waals surface area contributed by atoms with Crippen LogP contribution in [-0.4, -0.2) is 134 Å². The molecule has 1 amide bonds. The largest absolute Gasteiger partial charge is 0.444 e. The lowest BCUT2D eigenvalue weighted by atomic mass is 10.1. The zero-order valence-electron chi connectivity index (χ0n) is 23.8. The Morgan fingerprint density at radius 2 is 1.76 bits per heavy atom. The van der Waals surface area contributed by atoms with Crippen molar-refractivity contribution in [2.75, 3.05) is 26.1 Å². The van der Waals surface area contributed by atoms with Gasteiger partial charge in [0.25, 0.3) is 5.91 Å². The number of amides is 1. The molecule has 6 N–H and O–H groups in total. The molecule has 2 aromatic heterocycles. The third kappa shape index (κ3) is 5.66. The molecule has 13 atom stereocenters. The molecule has 2 aromatic rings. The molecule has 4 fully saturated rings. The number of nitrogen functional groups attached to an aromatic ring is 1. The van der Waals surface area contributed by atoms with Crippen LogP contribution in [0.1, 0.15) is 6.23 Å². The zero-order valence-corrected chi connectivity index (χ0v) is 25.6. The molecule has 25 heteroatoms. The Bertz CT molecular complexity index is 1650. The van der Waals surface area contributed by atoms with Gasteiger partial charge in [0.2, 0.25) is 0 Å². The van der Waals surface area contributed by atoms with Gasteiger partial charge in [0.15, 0.2) is 36.1 Å². The first-order valence-electron chi connectivity index (χ1n) is 13.8. The number of nitrogens with zero attached hydrogens (tertiary/aromatic N) is 6. The van der Waals surface area contributed by atoms with Crippen molar-refractivity contribution >= 4 is 59.3 Å². The highest BCUT2D eigenvalue weighted by atomic mass is 31.2. The smallest absolute Gasteiger partial charge is 0.250 e. The fraction of sp³-hybridized carbons (Fsp3) is 0.667. The van der Waals surface area contributed by atoms with Crippen molar-refractivity contribution in [1.82, 2.24) is 35.1 Å². The molecule has 46 heavy (non-hydrogen) atoms. The van der Waals surface area contributed by atoms with Gasteiger partial charge in [-0.1, -0.05) is 0 Å². The molecule has 4 saturated heterocycles. The summed E-state index contributed by atoms with van der Waals surface area (Å²) in [5.41, 5.74) is 12.1. The van der Waals surface area contributed by atoms with E-state index in [9.17, 15) is 13.9 Å². The summed E-state index contributed by atoms with van der Waals surface area (Å²) in [4.78, 5) is 30.2. The third-order valence-electron chi connectivity index (χ3n) is 8.05. The maximum atomic E-state index is 16.0. The second-order valence-corrected chi connectivity index (χ2v) is 14.0. The highest BCUT2D eigenvalue weighted by Crippen LogP contribution is 2.53. The van der Waals surface area contributed by atoms with Crippen molar-refractivity contribution in [3.63, 3.8) is 0 Å². The van der Waals surface area contributed by atoms with Crippen molar-refractivity contribution in [2.24, 2.45) is 10.7 Å². The van der Waals surface area contributed by atoms with E-state index < -0.39 is 102 Å². The van der Waals surface area contributed by atoms with Gasteiger partial charge < -0.3 is 72.5 Å². The second kappa shape index (κ2) is 11.9. The number of nitrogens with two attached hydrogens (primary N) is 2. The van der Waals surface area contributed by atoms with Crippen molar-refractivity contribution in [2.45, 2.75) is 67.6 Å². The number of carbonyl (C=O) groups excluding carboxylic acids is 1. The van der Waals surface area contributed by atoms with Gasteiger partial charge >= 0.3 is 0 Å². The van der Waals surface area contributed by atoms with E-state index in [1.54, 1.807) is 0 Å². The molecule has 5 aliphatic rings. The lowest BCUT2D eigenvalue weighted by molar-refractivity contribution is -0.130. The summed E-state index contributed by atoms with van der Waals surface area (Å²) in [6.45, 7) is -1.20. The Hall–Kier alpha value is -2.55. The molecular weight excluding hydrogens is 655 g/mol. The molecule has 0 spiro atoms. The van der Waals surface area contributed by atoms with Crippen LogP contribution in [0.3, 0.4) is 0 Å². The van der Waals surface area contributed by atoms with Crippen molar-refractivity contribution in [1.29, 1.82) is 0 Å². The topological polar surface area (TPSA) is 251 Å². The number of halogens is 1. The number of methoxy groups -OCH3 is 1. The van der Waals surface area contributed by atoms with E-state index in [2.05, 4.69) is 30.6 Å². The molecule has 6 radical (unpaired) electrons. The lowest BCUT2D eigenvalue weighted by Gasteiger charge is -2.41. The molecule has 7 rings (SSSR count). The van der Waals surface area contributed by atoms with Gasteiger partial charge in [0, 0.05) is 7.11 Å². The second-order valence-electron chi connectivity index (χ2n) is 10.9. The average molecular weight is 682 g/mol. The average Bonchev–Trinajstić information content (AvgIpc) is 3.75. The van der Waals surface area contributed by atoms with E-state index in [0.717, 1.165) is 6.33 Å². The van der Waals surface area contributed by atoms with Crippen LogP contribution in [0.5, 0.6) is 0 Å². The maximum absolute atomic E-state index is 16.0. The maximum Gasteiger partial charge on any atom is 0.250 e. The molecule has 246 valence electrons. The summed E-state index contributed by atoms with van der Waals surface area (Å²) < 4.78 is 84.1. The molecule has 0 saturated carbocycles. The minimum atomic E-state index is -4.55. The van der Waals surface area contributed by atoms with Gasteiger partial charge in [-0.25, -0.2) is 19.3 Å². The minimum absolute atomic E-state index is 0.0472. The number of anilines is 1. The van der Waals surface area contributed by atoms with Crippen LogP contribution in [0, 0.1) is 0 Å². The van der Waals surface area contributed by atoms with Crippen LogP contribution >= 0.6 is 14.9 Å². The summed E-state index contributed by atoms with van der Waals surface area (Å²) in [6, 6.07) is -0.905. The highest BCUT2D eigenvalue weighted by Gasteiger charge is 2.55. The van der Waals surface area contributed by atoms with E-state index in [4.69, 9.17) is 58.9 Å². The third-order valence-corrected chi connectivity index (χ3v) is 10.1. The van der Waals surface area contributed by atoms with Crippen LogP contribution in [0.25, 0.3) is 11.2 Å². The summed E-state index contributed by atoms with van der Waals surface area (Å²) in [5.74, 6) is -0.397. The molecular formula is C21H27B2FN10O10P2-2. The predicted molar refractivity (Wildman–Crippen MR) is 154 cm³/mol. The Kier molecular flexibility index (Phi) is 8.25. The number of hydrogen-bond donors (Lipinski definition) is 4. The van der Waals surface area contributed by atoms with Crippen molar-refractivity contribution in [3.05, 3.63) is 12.7 Å². The SMILES string of the molecule is [B-][P@]1(=O)OCC2OC(N3C=NC4C(=O)NC(N)NC43)C(O[P@@]([B-])(=O)OCC3OC(n4cnc5c(N)ncnc54)C(F)C3O1)C2OC. The number of nitrogens with one attached hydrogen (secondary N) is 2. The molecule has 20 nitrogen and oxygen atoms in total. The van der Waals surface area contributed by atoms with Gasteiger partial charge in [0.1, 0.15) is 54.8 Å². The Balaban J connectivity index is 1.17. The molecule has 5 aliphatic heterocycles. The van der Waals surface area contributed by atoms with E-state index in [1.165, 1.54) is 29.2 Å². The predicted octanol–water partition coefficient (Wildman–Crippen LogP) is -2.25. The molecule has 0 aromatic carbocycles. The molecule has 2 bridgehead atoms. The summed E-state index contributed by atoms with van der Waals surface area (Å²) in [7, 11) is 4.18. The van der Waals surface area contributed by atoms with Crippen LogP contribution in [-0.2, 0) is 46.2 Å². The number of fused-ring (bicyclic) bond motifs is 5. The quantitative estimate of drug-likeness (QED) is 0.197. The molecule has 0 aliphatic carbocycles. The number of alkyl halides is 1. The van der Waals surface area contributed by atoms with Gasteiger partial charge in [-0.2, -0.15) is 0 Å². The van der Waals surface area contributed by atoms with Crippen molar-refractivity contribution < 1.29 is 50.6 Å². The Labute approximate surface area is 262 Å². The number of ether oxygens (including phenoxy) is 3. The van der Waals surface area contributed by atoms with Gasteiger partial charge in [-0.3, -0.25) is 25.4 Å². The number of imidazole rings is 1. The number of carbonyl (C=O) groups is 1. The van der Waals surface area contributed by atoms with E-state index in [1.807, 2.05) is 0 Å². The highest BCUT2D eigenvalue weighted by molar-refractivity contribution is 7.79. The summed E-state index contributed by atoms with van der Waals surface area (Å²) in [5, 5.41) is 5.50. The zero-order chi connectivity index (χ0) is 32.5. The van der Waals surface area contributed by atoms with Crippen molar-refractivity contribution in [3.8, 4) is 0 Å². The number of aromatic nitrogens is 4. The lowest BCUT2D eigenvalue weighted by Crippen LogP contribution is -2.70. The van der Waals surface area contributed by atoms with Crippen LogP contribution < -0.4 is 22.1 Å². The van der Waals surface area contributed by atoms with Crippen LogP contribution in [0.2, 0.25) is 0 Å². The normalized spacial score (nSPS) is 44.7. The van der Waals surface area contributed by atoms with E-state index >= 15 is 4.39 Å². The molecule has 7 heterocycles. The fourth-order valence-electron chi connectivity index (χ4n) is 6.01. The van der Waals surface area contributed by atoms with Crippen LogP contribution in [0.4, 0.5) is 10.2 Å². The Morgan fingerprint density at radius 3 is 2.50 bits per heavy atom. The summed E-state index contributed by atoms with van der Waals surface area (Å²) >= 11 is 0. The van der Waals surface area contributed by atoms with Crippen LogP contribution in [0.15, 0.2) is 17.6 Å². The van der Waals surface area contributed by atoms with E-state index in [0.29, 0.717) is 0 Å². The fourth-order valence-corrected chi connectivity index (χ4v) is 8.00. The number of rotatable bonds is 3. The minimum Gasteiger partial charge on any atom is -0.444 e. The molecule has 11 unspecified atom stereocenters. The first-order valence-corrected chi connectivity index (χ1v) is 17.0.